The molecular formula is C17H17BrF2N3O2+. The normalized spacial score (nSPS) is 11.7. The van der Waals surface area contributed by atoms with Crippen LogP contribution >= 0.6 is 15.9 Å². The van der Waals surface area contributed by atoms with Crippen molar-refractivity contribution < 1.29 is 23.7 Å². The van der Waals surface area contributed by atoms with Crippen LogP contribution in [0.2, 0.25) is 0 Å². The number of hydrogen-bond acceptors (Lipinski definition) is 2. The summed E-state index contributed by atoms with van der Waals surface area (Å²) in [6.07, 6.45) is 0. The molecule has 0 aliphatic heterocycles. The van der Waals surface area contributed by atoms with E-state index in [9.17, 15) is 18.4 Å². The first-order valence-electron chi connectivity index (χ1n) is 7.50. The fourth-order valence-corrected chi connectivity index (χ4v) is 2.57. The number of carbonyl (C=O) groups is 2. The number of benzene rings is 2. The number of nitrogens with two attached hydrogens (primary N) is 1. The van der Waals surface area contributed by atoms with Crippen LogP contribution in [0.15, 0.2) is 46.9 Å². The van der Waals surface area contributed by atoms with Crippen molar-refractivity contribution in [1.82, 2.24) is 10.9 Å². The summed E-state index contributed by atoms with van der Waals surface area (Å²) < 4.78 is 26.8. The maximum absolute atomic E-state index is 13.2. The van der Waals surface area contributed by atoms with E-state index in [0.29, 0.717) is 15.6 Å². The van der Waals surface area contributed by atoms with Crippen LogP contribution in [0.5, 0.6) is 0 Å². The van der Waals surface area contributed by atoms with Crippen LogP contribution in [-0.2, 0) is 4.79 Å². The summed E-state index contributed by atoms with van der Waals surface area (Å²) in [5.41, 5.74) is 5.58. The molecular weight excluding hydrogens is 396 g/mol. The van der Waals surface area contributed by atoms with Gasteiger partial charge >= 0.3 is 0 Å². The molecule has 0 spiro atoms. The molecule has 0 radical (unpaired) electrons. The second-order valence-electron chi connectivity index (χ2n) is 5.38. The predicted molar refractivity (Wildman–Crippen MR) is 91.3 cm³/mol. The van der Waals surface area contributed by atoms with Crippen LogP contribution in [0.3, 0.4) is 0 Å². The number of hydrogen-bond donors (Lipinski definition) is 3. The lowest BCUT2D eigenvalue weighted by atomic mass is 10.1. The van der Waals surface area contributed by atoms with E-state index in [0.717, 1.165) is 12.1 Å². The molecule has 8 heteroatoms. The van der Waals surface area contributed by atoms with Gasteiger partial charge in [0.05, 0.1) is 5.56 Å². The van der Waals surface area contributed by atoms with E-state index in [2.05, 4.69) is 26.8 Å². The Labute approximate surface area is 151 Å². The topological polar surface area (TPSA) is 74.8 Å². The minimum atomic E-state index is -0.928. The minimum absolute atomic E-state index is 0.0103. The molecule has 0 unspecified atom stereocenters. The third-order valence-corrected chi connectivity index (χ3v) is 4.25. The van der Waals surface area contributed by atoms with E-state index in [-0.39, 0.29) is 12.6 Å². The quantitative estimate of drug-likeness (QED) is 0.655. The van der Waals surface area contributed by atoms with Gasteiger partial charge in [-0.05, 0) is 53.2 Å². The van der Waals surface area contributed by atoms with Crippen molar-refractivity contribution in [2.45, 2.75) is 13.0 Å². The molecule has 0 aliphatic carbocycles. The number of carbonyl (C=O) groups excluding carboxylic acids is 2. The van der Waals surface area contributed by atoms with E-state index >= 15 is 0 Å². The molecule has 4 N–H and O–H groups in total. The van der Waals surface area contributed by atoms with Crippen LogP contribution in [0.25, 0.3) is 0 Å². The highest BCUT2D eigenvalue weighted by Crippen LogP contribution is 2.15. The predicted octanol–water partition coefficient (Wildman–Crippen LogP) is 1.81. The van der Waals surface area contributed by atoms with Gasteiger partial charge < -0.3 is 5.32 Å². The number of rotatable bonds is 5. The van der Waals surface area contributed by atoms with Crippen molar-refractivity contribution in [3.8, 4) is 0 Å². The maximum Gasteiger partial charge on any atom is 0.293 e. The molecule has 2 amide bonds. The van der Waals surface area contributed by atoms with Crippen LogP contribution in [0.4, 0.5) is 8.78 Å². The summed E-state index contributed by atoms with van der Waals surface area (Å²) in [7, 11) is 0. The van der Waals surface area contributed by atoms with Crippen molar-refractivity contribution in [3.05, 3.63) is 69.7 Å². The highest BCUT2D eigenvalue weighted by molar-refractivity contribution is 9.10. The van der Waals surface area contributed by atoms with E-state index in [1.54, 1.807) is 36.5 Å². The van der Waals surface area contributed by atoms with Crippen LogP contribution < -0.4 is 16.2 Å². The third kappa shape index (κ3) is 5.33. The second kappa shape index (κ2) is 8.68. The molecule has 0 aliphatic rings. The highest BCUT2D eigenvalue weighted by Gasteiger charge is 2.15. The number of quaternary nitrogens is 1. The van der Waals surface area contributed by atoms with Crippen LogP contribution in [0.1, 0.15) is 28.9 Å². The minimum Gasteiger partial charge on any atom is -0.332 e. The first kappa shape index (κ1) is 19.0. The van der Waals surface area contributed by atoms with E-state index in [1.807, 2.05) is 0 Å². The summed E-state index contributed by atoms with van der Waals surface area (Å²) in [6.45, 7) is 1.77. The molecule has 0 aromatic heterocycles. The molecule has 5 nitrogen and oxygen atoms in total. The Morgan fingerprint density at radius 2 is 1.84 bits per heavy atom. The first-order chi connectivity index (χ1) is 11.9. The van der Waals surface area contributed by atoms with Gasteiger partial charge in [-0.3, -0.25) is 20.4 Å². The molecule has 0 saturated carbocycles. The van der Waals surface area contributed by atoms with Crippen molar-refractivity contribution in [2.24, 2.45) is 0 Å². The van der Waals surface area contributed by atoms with Crippen molar-refractivity contribution >= 4 is 27.7 Å². The second-order valence-corrected chi connectivity index (χ2v) is 6.24. The molecule has 2 aromatic carbocycles. The van der Waals surface area contributed by atoms with E-state index in [1.165, 1.54) is 6.07 Å². The van der Waals surface area contributed by atoms with Gasteiger partial charge in [0.15, 0.2) is 18.2 Å². The summed E-state index contributed by atoms with van der Waals surface area (Å²) in [4.78, 5) is 23.8. The Morgan fingerprint density at radius 1 is 1.12 bits per heavy atom. The Balaban J connectivity index is 1.81. The fourth-order valence-electron chi connectivity index (χ4n) is 2.11. The lowest BCUT2D eigenvalue weighted by molar-refractivity contribution is -0.682. The molecule has 2 rings (SSSR count). The Morgan fingerprint density at radius 3 is 2.52 bits per heavy atom. The highest BCUT2D eigenvalue weighted by atomic mass is 79.9. The van der Waals surface area contributed by atoms with Gasteiger partial charge in [-0.2, -0.15) is 0 Å². The first-order valence-corrected chi connectivity index (χ1v) is 8.29. The maximum atomic E-state index is 13.2. The molecule has 25 heavy (non-hydrogen) atoms. The van der Waals surface area contributed by atoms with Crippen molar-refractivity contribution in [3.63, 3.8) is 0 Å². The van der Waals surface area contributed by atoms with Crippen LogP contribution in [-0.4, -0.2) is 18.4 Å². The van der Waals surface area contributed by atoms with Gasteiger partial charge in [-0.15, -0.1) is 0 Å². The van der Waals surface area contributed by atoms with Crippen LogP contribution in [0, 0.1) is 11.6 Å². The molecule has 0 bridgehead atoms. The van der Waals surface area contributed by atoms with E-state index < -0.39 is 23.4 Å². The zero-order valence-corrected chi connectivity index (χ0v) is 14.9. The Hall–Kier alpha value is -2.32. The lowest BCUT2D eigenvalue weighted by Crippen LogP contribution is -2.87. The van der Waals surface area contributed by atoms with Gasteiger partial charge in [0.2, 0.25) is 0 Å². The zero-order chi connectivity index (χ0) is 18.4. The number of nitrogens with one attached hydrogen (secondary N) is 2. The third-order valence-electron chi connectivity index (χ3n) is 3.56. The molecule has 132 valence electrons. The average molecular weight is 413 g/mol. The Kier molecular flexibility index (Phi) is 6.60. The number of halogens is 3. The van der Waals surface area contributed by atoms with Gasteiger partial charge in [0.25, 0.3) is 11.8 Å². The van der Waals surface area contributed by atoms with Gasteiger partial charge in [0, 0.05) is 10.0 Å². The number of amides is 2. The standard InChI is InChI=1S/C17H16BrF2N3O2/c1-10(11-6-7-14(19)15(20)8-11)21-9-16(24)22-23-17(25)12-4-2-3-5-13(12)18/h2-8,10,21H,9H2,1H3,(H,22,24)(H,23,25)/p+1/t10-/m1/s1. The average Bonchev–Trinajstić information content (AvgIpc) is 2.60. The molecule has 0 fully saturated rings. The smallest absolute Gasteiger partial charge is 0.293 e. The lowest BCUT2D eigenvalue weighted by Gasteiger charge is -2.12. The van der Waals surface area contributed by atoms with Crippen molar-refractivity contribution in [2.75, 3.05) is 6.54 Å². The van der Waals surface area contributed by atoms with Crippen molar-refractivity contribution in [1.29, 1.82) is 0 Å². The molecule has 0 saturated heterocycles. The molecule has 2 aromatic rings. The van der Waals surface area contributed by atoms with E-state index in [4.69, 9.17) is 0 Å². The summed E-state index contributed by atoms with van der Waals surface area (Å²) in [6, 6.07) is 10.2. The molecule has 0 heterocycles. The molecule has 1 atom stereocenters. The summed E-state index contributed by atoms with van der Waals surface area (Å²) >= 11 is 3.25. The largest absolute Gasteiger partial charge is 0.332 e. The Bertz CT molecular complexity index is 786. The monoisotopic (exact) mass is 412 g/mol. The van der Waals surface area contributed by atoms with Gasteiger partial charge in [-0.25, -0.2) is 8.78 Å². The van der Waals surface area contributed by atoms with Gasteiger partial charge in [0.1, 0.15) is 6.04 Å². The SMILES string of the molecule is C[C@@H]([NH2+]CC(=O)NNC(=O)c1ccccc1Br)c1ccc(F)c(F)c1. The van der Waals surface area contributed by atoms with Gasteiger partial charge in [-0.1, -0.05) is 12.1 Å². The number of hydrazine groups is 1. The summed E-state index contributed by atoms with van der Waals surface area (Å²) in [5, 5.41) is 1.65. The zero-order valence-electron chi connectivity index (χ0n) is 13.4. The fraction of sp³-hybridized carbons (Fsp3) is 0.176. The summed E-state index contributed by atoms with van der Waals surface area (Å²) in [5.74, 6) is -2.71.